The van der Waals surface area contributed by atoms with Crippen molar-refractivity contribution in [2.75, 3.05) is 0 Å². The van der Waals surface area contributed by atoms with Gasteiger partial charge in [-0.25, -0.2) is 0 Å². The second-order valence-corrected chi connectivity index (χ2v) is 6.23. The normalized spacial score (nSPS) is 11.7. The second-order valence-electron chi connectivity index (χ2n) is 6.23. The first-order valence-electron chi connectivity index (χ1n) is 6.59. The number of ether oxygens (including phenoxy) is 1. The Morgan fingerprint density at radius 3 is 2.39 bits per heavy atom. The maximum atomic E-state index is 11.8. The summed E-state index contributed by atoms with van der Waals surface area (Å²) >= 11 is 0. The van der Waals surface area contributed by atoms with Gasteiger partial charge >= 0.3 is 5.97 Å². The van der Waals surface area contributed by atoms with Crippen LogP contribution in [-0.4, -0.2) is 5.97 Å². The molecule has 0 aromatic heterocycles. The summed E-state index contributed by atoms with van der Waals surface area (Å²) in [4.78, 5) is 11.8. The zero-order valence-corrected chi connectivity index (χ0v) is 12.1. The summed E-state index contributed by atoms with van der Waals surface area (Å²) in [7, 11) is 0. The Kier molecular flexibility index (Phi) is 4.94. The molecular formula is C16H24O2. The Morgan fingerprint density at radius 2 is 1.83 bits per heavy atom. The SMILES string of the molecule is CC(C)c1ccccc1OC(=O)CCC(C)(C)C. The summed E-state index contributed by atoms with van der Waals surface area (Å²) in [6, 6.07) is 7.75. The molecule has 18 heavy (non-hydrogen) atoms. The molecule has 1 aromatic rings. The van der Waals surface area contributed by atoms with E-state index in [1.807, 2.05) is 24.3 Å². The number of para-hydroxylation sites is 1. The highest BCUT2D eigenvalue weighted by atomic mass is 16.5. The van der Waals surface area contributed by atoms with Crippen LogP contribution in [0.4, 0.5) is 0 Å². The standard InChI is InChI=1S/C16H24O2/c1-12(2)13-8-6-7-9-14(13)18-15(17)10-11-16(3,4)5/h6-9,12H,10-11H2,1-5H3. The number of benzene rings is 1. The van der Waals surface area contributed by atoms with Gasteiger partial charge < -0.3 is 4.74 Å². The van der Waals surface area contributed by atoms with E-state index in [1.54, 1.807) is 0 Å². The molecule has 0 amide bonds. The molecule has 1 rings (SSSR count). The van der Waals surface area contributed by atoms with Crippen LogP contribution in [0.3, 0.4) is 0 Å². The minimum atomic E-state index is -0.141. The molecule has 0 saturated carbocycles. The van der Waals surface area contributed by atoms with Gasteiger partial charge in [-0.15, -0.1) is 0 Å². The quantitative estimate of drug-likeness (QED) is 0.577. The van der Waals surface area contributed by atoms with E-state index in [0.29, 0.717) is 18.1 Å². The maximum Gasteiger partial charge on any atom is 0.311 e. The van der Waals surface area contributed by atoms with Crippen LogP contribution in [0.2, 0.25) is 0 Å². The van der Waals surface area contributed by atoms with Gasteiger partial charge in [-0.05, 0) is 29.4 Å². The first-order chi connectivity index (χ1) is 8.29. The van der Waals surface area contributed by atoms with E-state index in [2.05, 4.69) is 34.6 Å². The van der Waals surface area contributed by atoms with Crippen molar-refractivity contribution in [1.29, 1.82) is 0 Å². The number of esters is 1. The van der Waals surface area contributed by atoms with Crippen molar-refractivity contribution in [1.82, 2.24) is 0 Å². The van der Waals surface area contributed by atoms with E-state index < -0.39 is 0 Å². The number of carbonyl (C=O) groups is 1. The fraction of sp³-hybridized carbons (Fsp3) is 0.562. The molecule has 0 spiro atoms. The van der Waals surface area contributed by atoms with Gasteiger partial charge in [-0.2, -0.15) is 0 Å². The van der Waals surface area contributed by atoms with Gasteiger partial charge in [0.25, 0.3) is 0 Å². The monoisotopic (exact) mass is 248 g/mol. The lowest BCUT2D eigenvalue weighted by atomic mass is 9.91. The second kappa shape index (κ2) is 6.03. The molecule has 0 aliphatic carbocycles. The smallest absolute Gasteiger partial charge is 0.311 e. The molecule has 0 aliphatic heterocycles. The van der Waals surface area contributed by atoms with Crippen molar-refractivity contribution in [3.63, 3.8) is 0 Å². The number of carbonyl (C=O) groups excluding carboxylic acids is 1. The summed E-state index contributed by atoms with van der Waals surface area (Å²) in [6.45, 7) is 10.6. The minimum absolute atomic E-state index is 0.141. The van der Waals surface area contributed by atoms with Crippen LogP contribution in [-0.2, 0) is 4.79 Å². The van der Waals surface area contributed by atoms with Crippen LogP contribution < -0.4 is 4.74 Å². The molecule has 0 atom stereocenters. The lowest BCUT2D eigenvalue weighted by Gasteiger charge is -2.17. The molecule has 100 valence electrons. The highest BCUT2D eigenvalue weighted by Crippen LogP contribution is 2.27. The zero-order chi connectivity index (χ0) is 13.8. The summed E-state index contributed by atoms with van der Waals surface area (Å²) in [6.07, 6.45) is 1.31. The number of hydrogen-bond acceptors (Lipinski definition) is 2. The average Bonchev–Trinajstić information content (AvgIpc) is 2.26. The summed E-state index contributed by atoms with van der Waals surface area (Å²) in [5, 5.41) is 0. The fourth-order valence-electron chi connectivity index (χ4n) is 1.70. The molecule has 2 heteroatoms. The Hall–Kier alpha value is -1.31. The van der Waals surface area contributed by atoms with Gasteiger partial charge in [0.1, 0.15) is 5.75 Å². The van der Waals surface area contributed by atoms with Gasteiger partial charge in [-0.1, -0.05) is 52.8 Å². The Bertz CT molecular complexity index is 400. The molecule has 0 fully saturated rings. The molecule has 0 aliphatic rings. The van der Waals surface area contributed by atoms with E-state index in [-0.39, 0.29) is 11.4 Å². The lowest BCUT2D eigenvalue weighted by Crippen LogP contribution is -2.14. The first kappa shape index (κ1) is 14.7. The molecular weight excluding hydrogens is 224 g/mol. The molecule has 2 nitrogen and oxygen atoms in total. The van der Waals surface area contributed by atoms with Crippen LogP contribution in [0.15, 0.2) is 24.3 Å². The topological polar surface area (TPSA) is 26.3 Å². The number of rotatable bonds is 4. The summed E-state index contributed by atoms with van der Waals surface area (Å²) in [5.41, 5.74) is 1.25. The minimum Gasteiger partial charge on any atom is -0.426 e. The van der Waals surface area contributed by atoms with Crippen LogP contribution in [0, 0.1) is 5.41 Å². The Labute approximate surface area is 110 Å². The predicted octanol–water partition coefficient (Wildman–Crippen LogP) is 4.54. The summed E-state index contributed by atoms with van der Waals surface area (Å²) in [5.74, 6) is 0.918. The van der Waals surface area contributed by atoms with Gasteiger partial charge in [-0.3, -0.25) is 4.79 Å². The average molecular weight is 248 g/mol. The van der Waals surface area contributed by atoms with Crippen molar-refractivity contribution < 1.29 is 9.53 Å². The van der Waals surface area contributed by atoms with E-state index in [4.69, 9.17) is 4.74 Å². The van der Waals surface area contributed by atoms with Crippen molar-refractivity contribution >= 4 is 5.97 Å². The van der Waals surface area contributed by atoms with Crippen LogP contribution >= 0.6 is 0 Å². The van der Waals surface area contributed by atoms with Crippen molar-refractivity contribution in [2.24, 2.45) is 5.41 Å². The third kappa shape index (κ3) is 4.91. The Balaban J connectivity index is 2.65. The third-order valence-electron chi connectivity index (χ3n) is 2.84. The molecule has 0 heterocycles. The van der Waals surface area contributed by atoms with Gasteiger partial charge in [0.05, 0.1) is 0 Å². The highest BCUT2D eigenvalue weighted by molar-refractivity contribution is 5.72. The Morgan fingerprint density at radius 1 is 1.22 bits per heavy atom. The van der Waals surface area contributed by atoms with E-state index >= 15 is 0 Å². The van der Waals surface area contributed by atoms with Crippen molar-refractivity contribution in [3.05, 3.63) is 29.8 Å². The molecule has 1 aromatic carbocycles. The zero-order valence-electron chi connectivity index (χ0n) is 12.1. The predicted molar refractivity (Wildman–Crippen MR) is 74.9 cm³/mol. The van der Waals surface area contributed by atoms with E-state index in [1.165, 1.54) is 0 Å². The van der Waals surface area contributed by atoms with Gasteiger partial charge in [0.15, 0.2) is 0 Å². The molecule has 0 N–H and O–H groups in total. The van der Waals surface area contributed by atoms with Crippen molar-refractivity contribution in [3.8, 4) is 5.75 Å². The molecule has 0 bridgehead atoms. The fourth-order valence-corrected chi connectivity index (χ4v) is 1.70. The molecule has 0 unspecified atom stereocenters. The van der Waals surface area contributed by atoms with Crippen LogP contribution in [0.1, 0.15) is 58.9 Å². The number of hydrogen-bond donors (Lipinski definition) is 0. The largest absolute Gasteiger partial charge is 0.426 e. The van der Waals surface area contributed by atoms with E-state index in [9.17, 15) is 4.79 Å². The van der Waals surface area contributed by atoms with Crippen molar-refractivity contribution in [2.45, 2.75) is 53.4 Å². The van der Waals surface area contributed by atoms with E-state index in [0.717, 1.165) is 12.0 Å². The molecule has 0 saturated heterocycles. The third-order valence-corrected chi connectivity index (χ3v) is 2.84. The highest BCUT2D eigenvalue weighted by Gasteiger charge is 2.15. The summed E-state index contributed by atoms with van der Waals surface area (Å²) < 4.78 is 5.46. The lowest BCUT2D eigenvalue weighted by molar-refractivity contribution is -0.135. The van der Waals surface area contributed by atoms with Crippen LogP contribution in [0.25, 0.3) is 0 Å². The van der Waals surface area contributed by atoms with Gasteiger partial charge in [0.2, 0.25) is 0 Å². The maximum absolute atomic E-state index is 11.8. The van der Waals surface area contributed by atoms with Gasteiger partial charge in [0, 0.05) is 6.42 Å². The molecule has 0 radical (unpaired) electrons. The first-order valence-corrected chi connectivity index (χ1v) is 6.59. The van der Waals surface area contributed by atoms with Crippen LogP contribution in [0.5, 0.6) is 5.75 Å².